The Balaban J connectivity index is 1.51. The van der Waals surface area contributed by atoms with E-state index in [0.717, 1.165) is 30.4 Å². The van der Waals surface area contributed by atoms with Crippen LogP contribution in [-0.4, -0.2) is 44.7 Å². The number of carbonyl (C=O) groups excluding carboxylic acids is 1. The van der Waals surface area contributed by atoms with Gasteiger partial charge in [0.2, 0.25) is 5.91 Å². The van der Waals surface area contributed by atoms with Crippen molar-refractivity contribution in [3.05, 3.63) is 24.5 Å². The van der Waals surface area contributed by atoms with Gasteiger partial charge in [-0.3, -0.25) is 4.79 Å². The number of aromatic nitrogens is 3. The first-order valence-electron chi connectivity index (χ1n) is 7.48. The van der Waals surface area contributed by atoms with Gasteiger partial charge in [-0.25, -0.2) is 9.67 Å². The summed E-state index contributed by atoms with van der Waals surface area (Å²) < 4.78 is 1.68. The number of nitrogens with zero attached hydrogens (tertiary/aromatic N) is 4. The zero-order valence-corrected chi connectivity index (χ0v) is 11.9. The molecule has 6 heteroatoms. The molecule has 1 amide bonds. The van der Waals surface area contributed by atoms with Crippen molar-refractivity contribution in [3.8, 4) is 0 Å². The summed E-state index contributed by atoms with van der Waals surface area (Å²) in [5, 5.41) is 5.23. The lowest BCUT2D eigenvalue weighted by atomic mass is 9.66. The molecular weight excluding hydrogens is 266 g/mol. The molecule has 1 spiro atoms. The number of nitrogens with two attached hydrogens (primary N) is 1. The first-order valence-corrected chi connectivity index (χ1v) is 7.48. The normalized spacial score (nSPS) is 23.7. The van der Waals surface area contributed by atoms with E-state index in [0.29, 0.717) is 6.54 Å². The van der Waals surface area contributed by atoms with Crippen molar-refractivity contribution in [3.63, 3.8) is 0 Å². The van der Waals surface area contributed by atoms with E-state index in [9.17, 15) is 4.79 Å². The van der Waals surface area contributed by atoms with Gasteiger partial charge in [0.1, 0.15) is 6.54 Å². The van der Waals surface area contributed by atoms with Gasteiger partial charge in [-0.05, 0) is 25.0 Å². The minimum absolute atomic E-state index is 0.0879. The fraction of sp³-hybridized carbons (Fsp3) is 0.533. The molecule has 1 aliphatic carbocycles. The third-order valence-electron chi connectivity index (χ3n) is 5.09. The largest absolute Gasteiger partial charge is 0.339 e. The Hall–Kier alpha value is -1.95. The Labute approximate surface area is 122 Å². The van der Waals surface area contributed by atoms with Gasteiger partial charge in [0, 0.05) is 36.1 Å². The Morgan fingerprint density at radius 2 is 2.33 bits per heavy atom. The van der Waals surface area contributed by atoms with Gasteiger partial charge in [-0.1, -0.05) is 6.42 Å². The Bertz CT molecular complexity index is 690. The Morgan fingerprint density at radius 1 is 1.48 bits per heavy atom. The molecule has 2 N–H and O–H groups in total. The van der Waals surface area contributed by atoms with Gasteiger partial charge < -0.3 is 10.6 Å². The minimum atomic E-state index is 0.0879. The summed E-state index contributed by atoms with van der Waals surface area (Å²) in [5.41, 5.74) is 7.19. The molecule has 3 heterocycles. The van der Waals surface area contributed by atoms with E-state index in [1.54, 1.807) is 17.1 Å². The molecule has 1 atom stereocenters. The van der Waals surface area contributed by atoms with Crippen LogP contribution >= 0.6 is 0 Å². The summed E-state index contributed by atoms with van der Waals surface area (Å²) >= 11 is 0. The van der Waals surface area contributed by atoms with Crippen molar-refractivity contribution in [2.75, 3.05) is 13.1 Å². The van der Waals surface area contributed by atoms with Crippen LogP contribution in [0.5, 0.6) is 0 Å². The predicted octanol–water partition coefficient (Wildman–Crippen LogP) is 0.771. The molecule has 110 valence electrons. The summed E-state index contributed by atoms with van der Waals surface area (Å²) in [6.45, 7) is 1.72. The molecule has 21 heavy (non-hydrogen) atoms. The monoisotopic (exact) mass is 285 g/mol. The molecule has 0 radical (unpaired) electrons. The number of rotatable bonds is 2. The molecular formula is C15H19N5O. The summed E-state index contributed by atoms with van der Waals surface area (Å²) in [6.07, 6.45) is 7.02. The lowest BCUT2D eigenvalue weighted by Crippen LogP contribution is -2.45. The summed E-state index contributed by atoms with van der Waals surface area (Å²) in [6, 6.07) is 3.95. The van der Waals surface area contributed by atoms with E-state index < -0.39 is 0 Å². The first-order chi connectivity index (χ1) is 10.2. The number of pyridine rings is 1. The van der Waals surface area contributed by atoms with Crippen LogP contribution < -0.4 is 5.73 Å². The smallest absolute Gasteiger partial charge is 0.244 e. The van der Waals surface area contributed by atoms with Gasteiger partial charge in [-0.15, -0.1) is 0 Å². The van der Waals surface area contributed by atoms with Gasteiger partial charge in [0.05, 0.1) is 6.20 Å². The molecule has 2 aliphatic rings. The molecule has 1 saturated heterocycles. The summed E-state index contributed by atoms with van der Waals surface area (Å²) in [4.78, 5) is 18.7. The maximum Gasteiger partial charge on any atom is 0.244 e. The predicted molar refractivity (Wildman–Crippen MR) is 78.4 cm³/mol. The van der Waals surface area contributed by atoms with Crippen molar-refractivity contribution in [1.29, 1.82) is 0 Å². The molecule has 6 nitrogen and oxygen atoms in total. The standard InChI is InChI=1S/C15H19N5O/c16-12-8-19(10-15(12)4-2-5-15)13(21)9-20-14-11(7-18-20)3-1-6-17-14/h1,3,6-7,12H,2,4-5,8-10,16H2. The average Bonchev–Trinajstić information content (AvgIpc) is 3.00. The van der Waals surface area contributed by atoms with Crippen LogP contribution in [0, 0.1) is 5.41 Å². The van der Waals surface area contributed by atoms with Gasteiger partial charge in [0.25, 0.3) is 0 Å². The highest BCUT2D eigenvalue weighted by Gasteiger charge is 2.49. The van der Waals surface area contributed by atoms with Gasteiger partial charge >= 0.3 is 0 Å². The van der Waals surface area contributed by atoms with Crippen LogP contribution in [0.3, 0.4) is 0 Å². The second kappa shape index (κ2) is 4.53. The van der Waals surface area contributed by atoms with Crippen LogP contribution in [0.1, 0.15) is 19.3 Å². The first kappa shape index (κ1) is 12.8. The zero-order valence-electron chi connectivity index (χ0n) is 11.9. The molecule has 2 fully saturated rings. The van der Waals surface area contributed by atoms with E-state index in [2.05, 4.69) is 10.1 Å². The lowest BCUT2D eigenvalue weighted by molar-refractivity contribution is -0.131. The third kappa shape index (κ3) is 1.93. The highest BCUT2D eigenvalue weighted by atomic mass is 16.2. The van der Waals surface area contributed by atoms with Gasteiger partial charge in [-0.2, -0.15) is 5.10 Å². The quantitative estimate of drug-likeness (QED) is 0.884. The maximum atomic E-state index is 12.5. The number of carbonyl (C=O) groups is 1. The van der Waals surface area contributed by atoms with E-state index in [4.69, 9.17) is 5.73 Å². The number of hydrogen-bond donors (Lipinski definition) is 1. The van der Waals surface area contributed by atoms with E-state index in [-0.39, 0.29) is 23.9 Å². The van der Waals surface area contributed by atoms with Crippen LogP contribution in [0.4, 0.5) is 0 Å². The topological polar surface area (TPSA) is 77.0 Å². The van der Waals surface area contributed by atoms with Crippen molar-refractivity contribution in [2.45, 2.75) is 31.8 Å². The average molecular weight is 285 g/mol. The van der Waals surface area contributed by atoms with Crippen molar-refractivity contribution < 1.29 is 4.79 Å². The van der Waals surface area contributed by atoms with Gasteiger partial charge in [0.15, 0.2) is 5.65 Å². The van der Waals surface area contributed by atoms with Crippen molar-refractivity contribution in [2.24, 2.45) is 11.1 Å². The highest BCUT2D eigenvalue weighted by molar-refractivity contribution is 5.80. The fourth-order valence-electron chi connectivity index (χ4n) is 3.60. The lowest BCUT2D eigenvalue weighted by Gasteiger charge is -2.41. The van der Waals surface area contributed by atoms with Crippen molar-refractivity contribution in [1.82, 2.24) is 19.7 Å². The van der Waals surface area contributed by atoms with Crippen molar-refractivity contribution >= 4 is 16.9 Å². The zero-order chi connectivity index (χ0) is 14.4. The van der Waals surface area contributed by atoms with E-state index in [1.165, 1.54) is 6.42 Å². The Morgan fingerprint density at radius 3 is 3.05 bits per heavy atom. The second-order valence-corrected chi connectivity index (χ2v) is 6.32. The molecule has 2 aromatic rings. The molecule has 0 bridgehead atoms. The fourth-order valence-corrected chi connectivity index (χ4v) is 3.60. The van der Waals surface area contributed by atoms with E-state index in [1.807, 2.05) is 17.0 Å². The minimum Gasteiger partial charge on any atom is -0.339 e. The third-order valence-corrected chi connectivity index (χ3v) is 5.09. The number of amides is 1. The molecule has 1 aliphatic heterocycles. The van der Waals surface area contributed by atoms with Crippen LogP contribution in [0.2, 0.25) is 0 Å². The maximum absolute atomic E-state index is 12.5. The number of hydrogen-bond acceptors (Lipinski definition) is 4. The Kier molecular flexibility index (Phi) is 2.75. The second-order valence-electron chi connectivity index (χ2n) is 6.32. The highest BCUT2D eigenvalue weighted by Crippen LogP contribution is 2.47. The van der Waals surface area contributed by atoms with E-state index >= 15 is 0 Å². The summed E-state index contributed by atoms with van der Waals surface area (Å²) in [5.74, 6) is 0.0879. The molecule has 1 saturated carbocycles. The molecule has 1 unspecified atom stereocenters. The number of fused-ring (bicyclic) bond motifs is 1. The molecule has 4 rings (SSSR count). The number of likely N-dealkylation sites (tertiary alicyclic amines) is 1. The van der Waals surface area contributed by atoms with Crippen LogP contribution in [-0.2, 0) is 11.3 Å². The SMILES string of the molecule is NC1CN(C(=O)Cn2ncc3cccnc32)CC12CCC2. The summed E-state index contributed by atoms with van der Waals surface area (Å²) in [7, 11) is 0. The molecule has 2 aromatic heterocycles. The molecule has 0 aromatic carbocycles. The van der Waals surface area contributed by atoms with Crippen LogP contribution in [0.15, 0.2) is 24.5 Å². The van der Waals surface area contributed by atoms with Crippen LogP contribution in [0.25, 0.3) is 11.0 Å².